The third-order valence-electron chi connectivity index (χ3n) is 3.60. The van der Waals surface area contributed by atoms with Crippen LogP contribution in [-0.4, -0.2) is 16.1 Å². The van der Waals surface area contributed by atoms with E-state index < -0.39 is 0 Å². The van der Waals surface area contributed by atoms with Gasteiger partial charge in [-0.2, -0.15) is 4.99 Å². The second-order valence-corrected chi connectivity index (χ2v) is 7.66. The van der Waals surface area contributed by atoms with Gasteiger partial charge in [-0.3, -0.25) is 4.79 Å². The van der Waals surface area contributed by atoms with Crippen LogP contribution in [-0.2, 0) is 4.79 Å². The average Bonchev–Trinajstić information content (AvgIpc) is 3.25. The average molecular weight is 398 g/mol. The molecule has 2 heterocycles. The van der Waals surface area contributed by atoms with E-state index in [9.17, 15) is 4.79 Å². The molecule has 1 saturated heterocycles. The summed E-state index contributed by atoms with van der Waals surface area (Å²) in [6, 6.07) is 17.3. The van der Waals surface area contributed by atoms with E-state index in [-0.39, 0.29) is 5.91 Å². The van der Waals surface area contributed by atoms with Crippen molar-refractivity contribution >= 4 is 57.0 Å². The minimum atomic E-state index is -0.187. The highest BCUT2D eigenvalue weighted by Crippen LogP contribution is 2.32. The van der Waals surface area contributed by atoms with E-state index in [0.29, 0.717) is 20.2 Å². The Morgan fingerprint density at radius 3 is 2.65 bits per heavy atom. The SMILES string of the molecule is O=C1NC(=Nc2nc(-c3ccccc3)cs2)S/C1=C\c1ccccc1Cl. The van der Waals surface area contributed by atoms with Gasteiger partial charge in [-0.25, -0.2) is 4.98 Å². The lowest BCUT2D eigenvalue weighted by Gasteiger charge is -1.97. The molecule has 4 rings (SSSR count). The van der Waals surface area contributed by atoms with E-state index >= 15 is 0 Å². The number of hydrogen-bond acceptors (Lipinski definition) is 5. The molecule has 0 bridgehead atoms. The fraction of sp³-hybridized carbons (Fsp3) is 0. The Labute approximate surface area is 163 Å². The van der Waals surface area contributed by atoms with Crippen LogP contribution < -0.4 is 5.32 Å². The Morgan fingerprint density at radius 2 is 1.85 bits per heavy atom. The van der Waals surface area contributed by atoms with E-state index in [0.717, 1.165) is 16.8 Å². The molecule has 0 unspecified atom stereocenters. The highest BCUT2D eigenvalue weighted by atomic mass is 35.5. The second kappa shape index (κ2) is 7.45. The highest BCUT2D eigenvalue weighted by molar-refractivity contribution is 8.18. The van der Waals surface area contributed by atoms with Gasteiger partial charge in [0.15, 0.2) is 5.17 Å². The zero-order valence-corrected chi connectivity index (χ0v) is 15.7. The number of aliphatic imine (C=N–C) groups is 1. The molecule has 1 aromatic heterocycles. The zero-order chi connectivity index (χ0) is 17.9. The van der Waals surface area contributed by atoms with Crippen molar-refractivity contribution in [1.82, 2.24) is 10.3 Å². The number of amidine groups is 1. The number of hydrogen-bond donors (Lipinski definition) is 1. The molecule has 2 aromatic carbocycles. The summed E-state index contributed by atoms with van der Waals surface area (Å²) >= 11 is 8.87. The van der Waals surface area contributed by atoms with Crippen molar-refractivity contribution in [2.24, 2.45) is 4.99 Å². The molecule has 0 aliphatic carbocycles. The lowest BCUT2D eigenvalue weighted by molar-refractivity contribution is -0.115. The van der Waals surface area contributed by atoms with Crippen molar-refractivity contribution in [1.29, 1.82) is 0 Å². The van der Waals surface area contributed by atoms with E-state index in [4.69, 9.17) is 11.6 Å². The molecule has 3 aromatic rings. The number of carbonyl (C=O) groups excluding carboxylic acids is 1. The van der Waals surface area contributed by atoms with Gasteiger partial charge in [-0.15, -0.1) is 11.3 Å². The summed E-state index contributed by atoms with van der Waals surface area (Å²) in [6.07, 6.45) is 1.77. The van der Waals surface area contributed by atoms with Gasteiger partial charge in [0.2, 0.25) is 5.13 Å². The number of nitrogens with one attached hydrogen (secondary N) is 1. The van der Waals surface area contributed by atoms with Crippen molar-refractivity contribution in [3.05, 3.63) is 75.5 Å². The molecule has 0 spiro atoms. The predicted molar refractivity (Wildman–Crippen MR) is 110 cm³/mol. The number of nitrogens with zero attached hydrogens (tertiary/aromatic N) is 2. The lowest BCUT2D eigenvalue weighted by Crippen LogP contribution is -2.19. The molecule has 1 amide bonds. The van der Waals surface area contributed by atoms with Crippen LogP contribution in [0.5, 0.6) is 0 Å². The minimum absolute atomic E-state index is 0.187. The van der Waals surface area contributed by atoms with E-state index in [2.05, 4.69) is 15.3 Å². The Balaban J connectivity index is 1.56. The number of thioether (sulfide) groups is 1. The summed E-state index contributed by atoms with van der Waals surface area (Å²) in [6.45, 7) is 0. The molecule has 7 heteroatoms. The standard InChI is InChI=1S/C19H12ClN3OS2/c20-14-9-5-4-8-13(14)10-16-17(24)22-19(26-16)23-18-21-15(11-25-18)12-6-2-1-3-7-12/h1-11H,(H,21,22,23,24)/b16-10-. The van der Waals surface area contributed by atoms with Gasteiger partial charge >= 0.3 is 0 Å². The number of amides is 1. The Bertz CT molecular complexity index is 1030. The third kappa shape index (κ3) is 3.72. The molecule has 128 valence electrons. The molecule has 26 heavy (non-hydrogen) atoms. The van der Waals surface area contributed by atoms with Gasteiger partial charge in [-0.05, 0) is 29.5 Å². The van der Waals surface area contributed by atoms with Gasteiger partial charge in [-0.1, -0.05) is 60.1 Å². The molecular weight excluding hydrogens is 386 g/mol. The first-order valence-electron chi connectivity index (χ1n) is 7.74. The number of aromatic nitrogens is 1. The van der Waals surface area contributed by atoms with Crippen molar-refractivity contribution in [2.45, 2.75) is 0 Å². The summed E-state index contributed by atoms with van der Waals surface area (Å²) in [5.74, 6) is -0.187. The predicted octanol–water partition coefficient (Wildman–Crippen LogP) is 5.36. The van der Waals surface area contributed by atoms with Crippen molar-refractivity contribution in [2.75, 3.05) is 0 Å². The van der Waals surface area contributed by atoms with E-state index in [1.165, 1.54) is 23.1 Å². The smallest absolute Gasteiger partial charge is 0.264 e. The monoisotopic (exact) mass is 397 g/mol. The summed E-state index contributed by atoms with van der Waals surface area (Å²) in [7, 11) is 0. The first kappa shape index (κ1) is 17.0. The van der Waals surface area contributed by atoms with Crippen molar-refractivity contribution in [3.8, 4) is 11.3 Å². The molecule has 1 aliphatic rings. The molecule has 0 radical (unpaired) electrons. The van der Waals surface area contributed by atoms with Crippen LogP contribution >= 0.6 is 34.7 Å². The van der Waals surface area contributed by atoms with Crippen molar-refractivity contribution in [3.63, 3.8) is 0 Å². The van der Waals surface area contributed by atoms with Crippen LogP contribution in [0.2, 0.25) is 5.02 Å². The molecular formula is C19H12ClN3OS2. The molecule has 0 atom stereocenters. The fourth-order valence-corrected chi connectivity index (χ4v) is 4.12. The van der Waals surface area contributed by atoms with Gasteiger partial charge in [0.05, 0.1) is 10.6 Å². The van der Waals surface area contributed by atoms with Gasteiger partial charge in [0.1, 0.15) is 0 Å². The first-order chi connectivity index (χ1) is 12.7. The maximum Gasteiger partial charge on any atom is 0.264 e. The lowest BCUT2D eigenvalue weighted by atomic mass is 10.2. The second-order valence-electron chi connectivity index (χ2n) is 5.38. The van der Waals surface area contributed by atoms with Crippen LogP contribution in [0.25, 0.3) is 17.3 Å². The minimum Gasteiger partial charge on any atom is -0.300 e. The van der Waals surface area contributed by atoms with Crippen molar-refractivity contribution < 1.29 is 4.79 Å². The number of carbonyl (C=O) groups is 1. The molecule has 1 fully saturated rings. The van der Waals surface area contributed by atoms with Crippen LogP contribution in [0, 0.1) is 0 Å². The van der Waals surface area contributed by atoms with E-state index in [1.807, 2.05) is 53.9 Å². The summed E-state index contributed by atoms with van der Waals surface area (Å²) in [4.78, 5) is 21.7. The Morgan fingerprint density at radius 1 is 1.08 bits per heavy atom. The summed E-state index contributed by atoms with van der Waals surface area (Å²) in [5.41, 5.74) is 2.71. The number of benzene rings is 2. The van der Waals surface area contributed by atoms with Crippen LogP contribution in [0.1, 0.15) is 5.56 Å². The molecule has 1 N–H and O–H groups in total. The number of rotatable bonds is 3. The quantitative estimate of drug-likeness (QED) is 0.605. The van der Waals surface area contributed by atoms with Crippen LogP contribution in [0.4, 0.5) is 5.13 Å². The normalized spacial score (nSPS) is 17.0. The topological polar surface area (TPSA) is 54.4 Å². The Kier molecular flexibility index (Phi) is 4.88. The molecule has 1 aliphatic heterocycles. The van der Waals surface area contributed by atoms with Crippen LogP contribution in [0.15, 0.2) is 69.9 Å². The largest absolute Gasteiger partial charge is 0.300 e. The molecule has 0 saturated carbocycles. The first-order valence-corrected chi connectivity index (χ1v) is 9.81. The summed E-state index contributed by atoms with van der Waals surface area (Å²) < 4.78 is 0. The zero-order valence-electron chi connectivity index (χ0n) is 13.3. The highest BCUT2D eigenvalue weighted by Gasteiger charge is 2.24. The Hall–Kier alpha value is -2.41. The van der Waals surface area contributed by atoms with Gasteiger partial charge in [0, 0.05) is 16.0 Å². The summed E-state index contributed by atoms with van der Waals surface area (Å²) in [5, 5.41) is 6.45. The number of halogens is 1. The molecule has 4 nitrogen and oxygen atoms in total. The number of thiazole rings is 1. The maximum atomic E-state index is 12.2. The third-order valence-corrected chi connectivity index (χ3v) is 5.59. The van der Waals surface area contributed by atoms with Gasteiger partial charge < -0.3 is 5.32 Å². The van der Waals surface area contributed by atoms with Gasteiger partial charge in [0.25, 0.3) is 5.91 Å². The fourth-order valence-electron chi connectivity index (χ4n) is 2.36. The van der Waals surface area contributed by atoms with E-state index in [1.54, 1.807) is 12.1 Å². The maximum absolute atomic E-state index is 12.2. The van der Waals surface area contributed by atoms with Crippen LogP contribution in [0.3, 0.4) is 0 Å².